The van der Waals surface area contributed by atoms with Crippen molar-refractivity contribution in [3.63, 3.8) is 0 Å². The van der Waals surface area contributed by atoms with Crippen molar-refractivity contribution in [2.75, 3.05) is 5.73 Å². The standard InChI is InChI=1S/C7H7FN2O3/c8-6-2-5(10(12)13)1-4(3-11)7(6)9/h1-2,11H,3,9H2. The average Bonchev–Trinajstić information content (AvgIpc) is 2.09. The highest BCUT2D eigenvalue weighted by molar-refractivity contribution is 5.53. The first-order valence-electron chi connectivity index (χ1n) is 3.39. The number of aliphatic hydroxyl groups is 1. The molecule has 0 atom stereocenters. The molecule has 6 heteroatoms. The number of halogens is 1. The summed E-state index contributed by atoms with van der Waals surface area (Å²) in [5.74, 6) is -0.891. The molecular formula is C7H7FN2O3. The second-order valence-electron chi connectivity index (χ2n) is 2.42. The summed E-state index contributed by atoms with van der Waals surface area (Å²) in [5, 5.41) is 18.9. The van der Waals surface area contributed by atoms with Crippen LogP contribution in [0.25, 0.3) is 0 Å². The molecule has 0 aliphatic carbocycles. The van der Waals surface area contributed by atoms with Gasteiger partial charge in [-0.3, -0.25) is 10.1 Å². The lowest BCUT2D eigenvalue weighted by Crippen LogP contribution is -2.00. The van der Waals surface area contributed by atoms with Gasteiger partial charge in [0.15, 0.2) is 5.82 Å². The lowest BCUT2D eigenvalue weighted by molar-refractivity contribution is -0.385. The molecule has 0 bridgehead atoms. The van der Waals surface area contributed by atoms with Crippen molar-refractivity contribution in [3.05, 3.63) is 33.6 Å². The van der Waals surface area contributed by atoms with E-state index >= 15 is 0 Å². The van der Waals surface area contributed by atoms with E-state index < -0.39 is 23.0 Å². The van der Waals surface area contributed by atoms with Gasteiger partial charge in [0, 0.05) is 11.6 Å². The van der Waals surface area contributed by atoms with Crippen LogP contribution < -0.4 is 5.73 Å². The maximum absolute atomic E-state index is 12.8. The molecule has 0 saturated heterocycles. The molecule has 13 heavy (non-hydrogen) atoms. The molecule has 0 heterocycles. The minimum absolute atomic E-state index is 0.0201. The van der Waals surface area contributed by atoms with Gasteiger partial charge >= 0.3 is 0 Å². The maximum atomic E-state index is 12.8. The van der Waals surface area contributed by atoms with E-state index in [0.717, 1.165) is 6.07 Å². The number of non-ortho nitro benzene ring substituents is 1. The fraction of sp³-hybridized carbons (Fsp3) is 0.143. The third-order valence-corrected chi connectivity index (χ3v) is 1.58. The Balaban J connectivity index is 3.30. The molecule has 3 N–H and O–H groups in total. The van der Waals surface area contributed by atoms with Gasteiger partial charge in [0.25, 0.3) is 5.69 Å². The second kappa shape index (κ2) is 3.36. The predicted molar refractivity (Wildman–Crippen MR) is 43.4 cm³/mol. The SMILES string of the molecule is Nc1c(F)cc([N+](=O)[O-])cc1CO. The third-order valence-electron chi connectivity index (χ3n) is 1.58. The Bertz CT molecular complexity index is 354. The molecule has 0 amide bonds. The highest BCUT2D eigenvalue weighted by Crippen LogP contribution is 2.23. The van der Waals surface area contributed by atoms with Crippen LogP contribution in [0.5, 0.6) is 0 Å². The van der Waals surface area contributed by atoms with Crippen molar-refractivity contribution in [1.82, 2.24) is 0 Å². The summed E-state index contributed by atoms with van der Waals surface area (Å²) in [7, 11) is 0. The number of nitro groups is 1. The Kier molecular flexibility index (Phi) is 2.43. The summed E-state index contributed by atoms with van der Waals surface area (Å²) in [5.41, 5.74) is 4.55. The number of nitrogen functional groups attached to an aromatic ring is 1. The maximum Gasteiger partial charge on any atom is 0.272 e. The van der Waals surface area contributed by atoms with Crippen LogP contribution in [0.3, 0.4) is 0 Å². The smallest absolute Gasteiger partial charge is 0.272 e. The zero-order chi connectivity index (χ0) is 10.0. The monoisotopic (exact) mass is 186 g/mol. The molecule has 70 valence electrons. The molecule has 0 aliphatic rings. The summed E-state index contributed by atoms with van der Waals surface area (Å²) in [6.45, 7) is -0.523. The normalized spacial score (nSPS) is 10.0. The summed E-state index contributed by atoms with van der Waals surface area (Å²) in [4.78, 5) is 9.50. The Hall–Kier alpha value is -1.69. The van der Waals surface area contributed by atoms with Gasteiger partial charge in [-0.1, -0.05) is 0 Å². The lowest BCUT2D eigenvalue weighted by atomic mass is 10.1. The zero-order valence-electron chi connectivity index (χ0n) is 6.53. The van der Waals surface area contributed by atoms with E-state index in [-0.39, 0.29) is 11.3 Å². The molecule has 0 saturated carbocycles. The summed E-state index contributed by atoms with van der Waals surface area (Å²) in [6.07, 6.45) is 0. The van der Waals surface area contributed by atoms with Gasteiger partial charge in [0.05, 0.1) is 23.3 Å². The highest BCUT2D eigenvalue weighted by Gasteiger charge is 2.13. The van der Waals surface area contributed by atoms with Crippen LogP contribution in [0.15, 0.2) is 12.1 Å². The van der Waals surface area contributed by atoms with Gasteiger partial charge in [0.2, 0.25) is 0 Å². The number of hydrogen-bond donors (Lipinski definition) is 2. The number of aliphatic hydroxyl groups excluding tert-OH is 1. The molecule has 0 radical (unpaired) electrons. The number of nitrogens with zero attached hydrogens (tertiary/aromatic N) is 1. The minimum atomic E-state index is -0.891. The number of rotatable bonds is 2. The van der Waals surface area contributed by atoms with Crippen molar-refractivity contribution >= 4 is 11.4 Å². The lowest BCUT2D eigenvalue weighted by Gasteiger charge is -2.02. The number of hydrogen-bond acceptors (Lipinski definition) is 4. The van der Waals surface area contributed by atoms with E-state index in [9.17, 15) is 14.5 Å². The molecular weight excluding hydrogens is 179 g/mol. The van der Waals surface area contributed by atoms with Crippen LogP contribution >= 0.6 is 0 Å². The van der Waals surface area contributed by atoms with Gasteiger partial charge in [-0.05, 0) is 0 Å². The largest absolute Gasteiger partial charge is 0.396 e. The Morgan fingerprint density at radius 1 is 1.62 bits per heavy atom. The highest BCUT2D eigenvalue weighted by atomic mass is 19.1. The van der Waals surface area contributed by atoms with E-state index in [1.54, 1.807) is 0 Å². The van der Waals surface area contributed by atoms with Gasteiger partial charge in [-0.2, -0.15) is 0 Å². The first-order valence-corrected chi connectivity index (χ1v) is 3.39. The molecule has 5 nitrogen and oxygen atoms in total. The van der Waals surface area contributed by atoms with Crippen LogP contribution in [0.2, 0.25) is 0 Å². The van der Waals surface area contributed by atoms with Crippen molar-refractivity contribution in [2.24, 2.45) is 0 Å². The van der Waals surface area contributed by atoms with Gasteiger partial charge in [-0.15, -0.1) is 0 Å². The molecule has 0 aliphatic heterocycles. The number of nitrogens with two attached hydrogens (primary N) is 1. The molecule has 0 unspecified atom stereocenters. The molecule has 1 aromatic rings. The number of benzene rings is 1. The minimum Gasteiger partial charge on any atom is -0.396 e. The fourth-order valence-corrected chi connectivity index (χ4v) is 0.895. The van der Waals surface area contributed by atoms with Gasteiger partial charge in [-0.25, -0.2) is 4.39 Å². The predicted octanol–water partition coefficient (Wildman–Crippen LogP) is 0.808. The van der Waals surface area contributed by atoms with Gasteiger partial charge < -0.3 is 10.8 Å². The number of anilines is 1. The van der Waals surface area contributed by atoms with Crippen LogP contribution in [0.1, 0.15) is 5.56 Å². The zero-order valence-corrected chi connectivity index (χ0v) is 6.53. The summed E-state index contributed by atoms with van der Waals surface area (Å²) in [6, 6.07) is 1.76. The Labute approximate surface area is 72.7 Å². The van der Waals surface area contributed by atoms with Crippen LogP contribution in [-0.4, -0.2) is 10.0 Å². The quantitative estimate of drug-likeness (QED) is 0.406. The van der Waals surface area contributed by atoms with Crippen molar-refractivity contribution in [2.45, 2.75) is 6.61 Å². The summed E-state index contributed by atoms with van der Waals surface area (Å²) >= 11 is 0. The van der Waals surface area contributed by atoms with Crippen molar-refractivity contribution in [1.29, 1.82) is 0 Å². The van der Waals surface area contributed by atoms with Crippen LogP contribution in [-0.2, 0) is 6.61 Å². The molecule has 1 rings (SSSR count). The summed E-state index contributed by atoms with van der Waals surface area (Å²) < 4.78 is 12.8. The van der Waals surface area contributed by atoms with Gasteiger partial charge in [0.1, 0.15) is 0 Å². The van der Waals surface area contributed by atoms with Crippen LogP contribution in [0.4, 0.5) is 15.8 Å². The molecule has 1 aromatic carbocycles. The molecule has 0 spiro atoms. The first kappa shape index (κ1) is 9.40. The Morgan fingerprint density at radius 3 is 2.69 bits per heavy atom. The van der Waals surface area contributed by atoms with E-state index in [0.29, 0.717) is 6.07 Å². The number of nitro benzene ring substituents is 1. The first-order chi connectivity index (χ1) is 6.06. The topological polar surface area (TPSA) is 89.4 Å². The van der Waals surface area contributed by atoms with Crippen molar-refractivity contribution < 1.29 is 14.4 Å². The van der Waals surface area contributed by atoms with Crippen LogP contribution in [0, 0.1) is 15.9 Å². The third kappa shape index (κ3) is 1.73. The fourth-order valence-electron chi connectivity index (χ4n) is 0.895. The van der Waals surface area contributed by atoms with E-state index in [1.165, 1.54) is 0 Å². The van der Waals surface area contributed by atoms with E-state index in [2.05, 4.69) is 0 Å². The van der Waals surface area contributed by atoms with E-state index in [4.69, 9.17) is 10.8 Å². The molecule has 0 fully saturated rings. The average molecular weight is 186 g/mol. The molecule has 0 aromatic heterocycles. The Morgan fingerprint density at radius 2 is 2.23 bits per heavy atom. The van der Waals surface area contributed by atoms with Crippen molar-refractivity contribution in [3.8, 4) is 0 Å². The van der Waals surface area contributed by atoms with E-state index in [1.807, 2.05) is 0 Å². The second-order valence-corrected chi connectivity index (χ2v) is 2.42.